The van der Waals surface area contributed by atoms with Crippen molar-refractivity contribution in [2.75, 3.05) is 0 Å². The Morgan fingerprint density at radius 1 is 1.44 bits per heavy atom. The van der Waals surface area contributed by atoms with E-state index in [1.165, 1.54) is 6.07 Å². The second-order valence-electron chi connectivity index (χ2n) is 4.34. The SMILES string of the molecule is CCCC(N)c1noc(-c2cc(C)ccc2F)n1. The van der Waals surface area contributed by atoms with E-state index in [0.717, 1.165) is 18.4 Å². The lowest BCUT2D eigenvalue weighted by Gasteiger charge is -2.02. The summed E-state index contributed by atoms with van der Waals surface area (Å²) in [7, 11) is 0. The molecule has 2 N–H and O–H groups in total. The molecule has 4 nitrogen and oxygen atoms in total. The fourth-order valence-electron chi connectivity index (χ4n) is 1.74. The van der Waals surface area contributed by atoms with Crippen molar-refractivity contribution in [3.63, 3.8) is 0 Å². The first-order valence-electron chi connectivity index (χ1n) is 5.97. The van der Waals surface area contributed by atoms with Gasteiger partial charge in [0, 0.05) is 0 Å². The molecule has 1 aromatic heterocycles. The summed E-state index contributed by atoms with van der Waals surface area (Å²) in [6.07, 6.45) is 1.71. The molecule has 1 heterocycles. The van der Waals surface area contributed by atoms with Crippen LogP contribution < -0.4 is 5.73 Å². The summed E-state index contributed by atoms with van der Waals surface area (Å²) in [4.78, 5) is 4.16. The Labute approximate surface area is 105 Å². The van der Waals surface area contributed by atoms with Crippen molar-refractivity contribution in [1.29, 1.82) is 0 Å². The molecule has 0 aliphatic heterocycles. The molecule has 0 aliphatic carbocycles. The van der Waals surface area contributed by atoms with Crippen molar-refractivity contribution in [3.05, 3.63) is 35.4 Å². The van der Waals surface area contributed by atoms with Crippen molar-refractivity contribution in [2.24, 2.45) is 5.73 Å². The highest BCUT2D eigenvalue weighted by molar-refractivity contribution is 5.55. The lowest BCUT2D eigenvalue weighted by molar-refractivity contribution is 0.411. The predicted octanol–water partition coefficient (Wildman–Crippen LogP) is 2.98. The van der Waals surface area contributed by atoms with Crippen LogP contribution in [0, 0.1) is 12.7 Å². The zero-order chi connectivity index (χ0) is 13.1. The van der Waals surface area contributed by atoms with Gasteiger partial charge in [0.15, 0.2) is 5.82 Å². The first-order chi connectivity index (χ1) is 8.61. The highest BCUT2D eigenvalue weighted by Gasteiger charge is 2.17. The van der Waals surface area contributed by atoms with E-state index >= 15 is 0 Å². The number of rotatable bonds is 4. The fourth-order valence-corrected chi connectivity index (χ4v) is 1.74. The van der Waals surface area contributed by atoms with E-state index < -0.39 is 0 Å². The maximum atomic E-state index is 13.7. The Kier molecular flexibility index (Phi) is 3.72. The van der Waals surface area contributed by atoms with Crippen LogP contribution in [-0.4, -0.2) is 10.1 Å². The maximum absolute atomic E-state index is 13.7. The van der Waals surface area contributed by atoms with E-state index in [0.29, 0.717) is 11.4 Å². The number of aryl methyl sites for hydroxylation is 1. The van der Waals surface area contributed by atoms with Crippen LogP contribution in [0.4, 0.5) is 4.39 Å². The summed E-state index contributed by atoms with van der Waals surface area (Å²) in [5, 5.41) is 3.80. The normalized spacial score (nSPS) is 12.7. The molecular weight excluding hydrogens is 233 g/mol. The molecule has 18 heavy (non-hydrogen) atoms. The highest BCUT2D eigenvalue weighted by atomic mass is 19.1. The fraction of sp³-hybridized carbons (Fsp3) is 0.385. The summed E-state index contributed by atoms with van der Waals surface area (Å²) in [5.41, 5.74) is 7.14. The van der Waals surface area contributed by atoms with Crippen LogP contribution in [0.15, 0.2) is 22.7 Å². The highest BCUT2D eigenvalue weighted by Crippen LogP contribution is 2.23. The molecule has 5 heteroatoms. The van der Waals surface area contributed by atoms with Crippen molar-refractivity contribution < 1.29 is 8.91 Å². The Morgan fingerprint density at radius 2 is 2.22 bits per heavy atom. The molecule has 0 spiro atoms. The van der Waals surface area contributed by atoms with Crippen LogP contribution in [0.2, 0.25) is 0 Å². The molecule has 0 amide bonds. The average molecular weight is 249 g/mol. The molecule has 0 radical (unpaired) electrons. The van der Waals surface area contributed by atoms with Crippen LogP contribution in [0.25, 0.3) is 11.5 Å². The van der Waals surface area contributed by atoms with Crippen molar-refractivity contribution in [3.8, 4) is 11.5 Å². The van der Waals surface area contributed by atoms with Gasteiger partial charge in [0.25, 0.3) is 5.89 Å². The largest absolute Gasteiger partial charge is 0.334 e. The van der Waals surface area contributed by atoms with E-state index in [1.807, 2.05) is 13.8 Å². The third-order valence-corrected chi connectivity index (χ3v) is 2.73. The van der Waals surface area contributed by atoms with Crippen molar-refractivity contribution in [1.82, 2.24) is 10.1 Å². The van der Waals surface area contributed by atoms with Gasteiger partial charge in [0.1, 0.15) is 5.82 Å². The van der Waals surface area contributed by atoms with Gasteiger partial charge in [-0.15, -0.1) is 0 Å². The summed E-state index contributed by atoms with van der Waals surface area (Å²) < 4.78 is 18.7. The first kappa shape index (κ1) is 12.7. The minimum absolute atomic E-state index is 0.178. The molecule has 96 valence electrons. The number of hydrogen-bond acceptors (Lipinski definition) is 4. The van der Waals surface area contributed by atoms with Crippen LogP contribution in [0.5, 0.6) is 0 Å². The number of nitrogens with two attached hydrogens (primary N) is 1. The quantitative estimate of drug-likeness (QED) is 0.904. The number of benzene rings is 1. The minimum atomic E-state index is -0.375. The van der Waals surface area contributed by atoms with E-state index in [2.05, 4.69) is 10.1 Å². The number of aromatic nitrogens is 2. The van der Waals surface area contributed by atoms with Gasteiger partial charge in [-0.25, -0.2) is 4.39 Å². The second kappa shape index (κ2) is 5.27. The van der Waals surface area contributed by atoms with Gasteiger partial charge in [0.2, 0.25) is 0 Å². The van der Waals surface area contributed by atoms with Gasteiger partial charge < -0.3 is 10.3 Å². The van der Waals surface area contributed by atoms with Crippen molar-refractivity contribution in [2.45, 2.75) is 32.7 Å². The third kappa shape index (κ3) is 2.56. The molecule has 1 atom stereocenters. The lowest BCUT2D eigenvalue weighted by atomic mass is 10.1. The van der Waals surface area contributed by atoms with E-state index in [9.17, 15) is 4.39 Å². The molecule has 0 aliphatic rings. The van der Waals surface area contributed by atoms with E-state index in [4.69, 9.17) is 10.3 Å². The summed E-state index contributed by atoms with van der Waals surface area (Å²) in [5.74, 6) is 0.227. The molecule has 2 rings (SSSR count). The van der Waals surface area contributed by atoms with Crippen molar-refractivity contribution >= 4 is 0 Å². The monoisotopic (exact) mass is 249 g/mol. The van der Waals surface area contributed by atoms with Crippen LogP contribution in [0.3, 0.4) is 0 Å². The Hall–Kier alpha value is -1.75. The minimum Gasteiger partial charge on any atom is -0.334 e. The first-order valence-corrected chi connectivity index (χ1v) is 5.97. The number of nitrogens with zero attached hydrogens (tertiary/aromatic N) is 2. The Morgan fingerprint density at radius 3 is 2.94 bits per heavy atom. The van der Waals surface area contributed by atoms with Crippen LogP contribution >= 0.6 is 0 Å². The predicted molar refractivity (Wildman–Crippen MR) is 66.3 cm³/mol. The molecule has 0 saturated heterocycles. The van der Waals surface area contributed by atoms with E-state index in [1.54, 1.807) is 12.1 Å². The maximum Gasteiger partial charge on any atom is 0.260 e. The topological polar surface area (TPSA) is 64.9 Å². The molecular formula is C13H16FN3O. The molecule has 0 fully saturated rings. The Bertz CT molecular complexity index is 539. The van der Waals surface area contributed by atoms with E-state index in [-0.39, 0.29) is 17.7 Å². The zero-order valence-electron chi connectivity index (χ0n) is 10.5. The molecule has 1 unspecified atom stereocenters. The third-order valence-electron chi connectivity index (χ3n) is 2.73. The van der Waals surface area contributed by atoms with Gasteiger partial charge >= 0.3 is 0 Å². The molecule has 0 saturated carbocycles. The van der Waals surface area contributed by atoms with Crippen LogP contribution in [0.1, 0.15) is 37.2 Å². The van der Waals surface area contributed by atoms with Gasteiger partial charge in [-0.05, 0) is 25.5 Å². The Balaban J connectivity index is 2.32. The number of hydrogen-bond donors (Lipinski definition) is 1. The van der Waals surface area contributed by atoms with Gasteiger partial charge in [0.05, 0.1) is 11.6 Å². The van der Waals surface area contributed by atoms with Gasteiger partial charge in [-0.1, -0.05) is 30.1 Å². The lowest BCUT2D eigenvalue weighted by Crippen LogP contribution is -2.11. The summed E-state index contributed by atoms with van der Waals surface area (Å²) in [6, 6.07) is 4.50. The summed E-state index contributed by atoms with van der Waals surface area (Å²) in [6.45, 7) is 3.91. The smallest absolute Gasteiger partial charge is 0.260 e. The number of halogens is 1. The standard InChI is InChI=1S/C13H16FN3O/c1-3-4-11(15)12-16-13(18-17-12)9-7-8(2)5-6-10(9)14/h5-7,11H,3-4,15H2,1-2H3. The van der Waals surface area contributed by atoms with Crippen LogP contribution in [-0.2, 0) is 0 Å². The molecule has 0 bridgehead atoms. The average Bonchev–Trinajstić information content (AvgIpc) is 2.82. The van der Waals surface area contributed by atoms with Gasteiger partial charge in [-0.2, -0.15) is 4.98 Å². The molecule has 1 aromatic carbocycles. The second-order valence-corrected chi connectivity index (χ2v) is 4.34. The molecule has 2 aromatic rings. The summed E-state index contributed by atoms with van der Waals surface area (Å²) >= 11 is 0. The zero-order valence-corrected chi connectivity index (χ0v) is 10.5. The van der Waals surface area contributed by atoms with Gasteiger partial charge in [-0.3, -0.25) is 0 Å².